The van der Waals surface area contributed by atoms with Gasteiger partial charge in [0.2, 0.25) is 0 Å². The monoisotopic (exact) mass is 212 g/mol. The lowest BCUT2D eigenvalue weighted by Gasteiger charge is -2.12. The number of hydrogen-bond donors (Lipinski definition) is 1. The first kappa shape index (κ1) is 12.0. The van der Waals surface area contributed by atoms with Crippen LogP contribution in [0.15, 0.2) is 18.2 Å². The zero-order valence-electron chi connectivity index (χ0n) is 9.16. The lowest BCUT2D eigenvalue weighted by Crippen LogP contribution is -2.07. The minimum atomic E-state index is -0.310. The van der Waals surface area contributed by atoms with Gasteiger partial charge < -0.3 is 9.84 Å². The van der Waals surface area contributed by atoms with Gasteiger partial charge in [0.05, 0.1) is 6.61 Å². The van der Waals surface area contributed by atoms with Gasteiger partial charge in [-0.15, -0.1) is 0 Å². The first-order valence-corrected chi connectivity index (χ1v) is 5.15. The van der Waals surface area contributed by atoms with Gasteiger partial charge in [-0.3, -0.25) is 0 Å². The zero-order valence-corrected chi connectivity index (χ0v) is 9.16. The van der Waals surface area contributed by atoms with E-state index in [9.17, 15) is 4.39 Å². The first-order chi connectivity index (χ1) is 7.13. The van der Waals surface area contributed by atoms with E-state index in [1.165, 1.54) is 12.1 Å². The number of benzene rings is 1. The number of hydrogen-bond acceptors (Lipinski definition) is 2. The van der Waals surface area contributed by atoms with E-state index in [-0.39, 0.29) is 12.4 Å². The molecule has 2 nitrogen and oxygen atoms in total. The largest absolute Gasteiger partial charge is 0.493 e. The first-order valence-electron chi connectivity index (χ1n) is 5.15. The van der Waals surface area contributed by atoms with Crippen molar-refractivity contribution in [3.8, 4) is 5.75 Å². The molecule has 0 aliphatic heterocycles. The molecule has 0 aliphatic carbocycles. The number of aliphatic hydroxyl groups excluding tert-OH is 1. The lowest BCUT2D eigenvalue weighted by molar-refractivity contribution is 0.261. The predicted molar refractivity (Wildman–Crippen MR) is 57.5 cm³/mol. The molecule has 0 fully saturated rings. The number of halogens is 1. The van der Waals surface area contributed by atoms with Gasteiger partial charge in [-0.2, -0.15) is 0 Å². The summed E-state index contributed by atoms with van der Waals surface area (Å²) in [7, 11) is 0. The molecule has 15 heavy (non-hydrogen) atoms. The molecular weight excluding hydrogens is 195 g/mol. The van der Waals surface area contributed by atoms with Crippen LogP contribution in [-0.2, 0) is 6.42 Å². The molecule has 1 N–H and O–H groups in total. The number of aliphatic hydroxyl groups is 1. The van der Waals surface area contributed by atoms with Crippen LogP contribution >= 0.6 is 0 Å². The molecule has 0 aliphatic rings. The van der Waals surface area contributed by atoms with Crippen LogP contribution in [0.3, 0.4) is 0 Å². The molecule has 1 aromatic carbocycles. The predicted octanol–water partition coefficient (Wildman–Crippen LogP) is 2.40. The summed E-state index contributed by atoms with van der Waals surface area (Å²) in [6.45, 7) is 4.67. The Morgan fingerprint density at radius 2 is 2.13 bits per heavy atom. The van der Waals surface area contributed by atoms with Crippen LogP contribution in [0.4, 0.5) is 4.39 Å². The summed E-state index contributed by atoms with van der Waals surface area (Å²) in [5.41, 5.74) is 0.847. The Morgan fingerprint density at radius 1 is 1.40 bits per heavy atom. The minimum absolute atomic E-state index is 0.0453. The third-order valence-electron chi connectivity index (χ3n) is 1.98. The highest BCUT2D eigenvalue weighted by Crippen LogP contribution is 2.21. The van der Waals surface area contributed by atoms with Gasteiger partial charge in [-0.05, 0) is 24.0 Å². The third-order valence-corrected chi connectivity index (χ3v) is 1.98. The molecule has 84 valence electrons. The van der Waals surface area contributed by atoms with E-state index in [1.807, 2.05) is 13.8 Å². The Labute approximate surface area is 89.7 Å². The Balaban J connectivity index is 2.77. The van der Waals surface area contributed by atoms with Crippen LogP contribution in [0.25, 0.3) is 0 Å². The molecule has 0 atom stereocenters. The normalized spacial score (nSPS) is 10.7. The molecule has 0 spiro atoms. The average molecular weight is 212 g/mol. The van der Waals surface area contributed by atoms with Crippen molar-refractivity contribution in [2.45, 2.75) is 20.3 Å². The van der Waals surface area contributed by atoms with Crippen molar-refractivity contribution in [1.29, 1.82) is 0 Å². The zero-order chi connectivity index (χ0) is 11.3. The Kier molecular flexibility index (Phi) is 4.56. The van der Waals surface area contributed by atoms with E-state index in [0.29, 0.717) is 24.7 Å². The molecule has 1 rings (SSSR count). The maximum atomic E-state index is 13.0. The van der Waals surface area contributed by atoms with Crippen LogP contribution in [0, 0.1) is 11.7 Å². The van der Waals surface area contributed by atoms with Crippen LogP contribution in [0.2, 0.25) is 0 Å². The van der Waals surface area contributed by atoms with Crippen molar-refractivity contribution in [3.05, 3.63) is 29.6 Å². The SMILES string of the molecule is CC(C)COc1cc(F)ccc1CCO. The van der Waals surface area contributed by atoms with Crippen LogP contribution in [0.5, 0.6) is 5.75 Å². The summed E-state index contributed by atoms with van der Waals surface area (Å²) >= 11 is 0. The second kappa shape index (κ2) is 5.71. The summed E-state index contributed by atoms with van der Waals surface area (Å²) in [6.07, 6.45) is 0.494. The standard InChI is InChI=1S/C12H17FO2/c1-9(2)8-15-12-7-11(13)4-3-10(12)5-6-14/h3-4,7,9,14H,5-6,8H2,1-2H3. The molecule has 1 aromatic rings. The van der Waals surface area contributed by atoms with E-state index in [1.54, 1.807) is 6.07 Å². The molecule has 0 amide bonds. The molecule has 0 aromatic heterocycles. The second-order valence-electron chi connectivity index (χ2n) is 3.93. The molecule has 3 heteroatoms. The smallest absolute Gasteiger partial charge is 0.126 e. The van der Waals surface area contributed by atoms with Crippen molar-refractivity contribution in [3.63, 3.8) is 0 Å². The average Bonchev–Trinajstić information content (AvgIpc) is 2.18. The Bertz CT molecular complexity index is 310. The number of ether oxygens (including phenoxy) is 1. The summed E-state index contributed by atoms with van der Waals surface area (Å²) in [6, 6.07) is 4.40. The Hall–Kier alpha value is -1.09. The molecule has 0 saturated carbocycles. The van der Waals surface area contributed by atoms with Crippen molar-refractivity contribution in [1.82, 2.24) is 0 Å². The molecule has 0 unspecified atom stereocenters. The van der Waals surface area contributed by atoms with E-state index in [2.05, 4.69) is 0 Å². The fourth-order valence-electron chi connectivity index (χ4n) is 1.25. The van der Waals surface area contributed by atoms with E-state index in [0.717, 1.165) is 5.56 Å². The van der Waals surface area contributed by atoms with Crippen molar-refractivity contribution >= 4 is 0 Å². The highest BCUT2D eigenvalue weighted by Gasteiger charge is 2.06. The quantitative estimate of drug-likeness (QED) is 0.812. The maximum Gasteiger partial charge on any atom is 0.126 e. The van der Waals surface area contributed by atoms with Gasteiger partial charge in [0.15, 0.2) is 0 Å². The Morgan fingerprint density at radius 3 is 2.73 bits per heavy atom. The van der Waals surface area contributed by atoms with Gasteiger partial charge in [-0.25, -0.2) is 4.39 Å². The fourth-order valence-corrected chi connectivity index (χ4v) is 1.25. The van der Waals surface area contributed by atoms with Gasteiger partial charge in [0, 0.05) is 12.7 Å². The van der Waals surface area contributed by atoms with E-state index < -0.39 is 0 Å². The summed E-state index contributed by atoms with van der Waals surface area (Å²) < 4.78 is 18.5. The highest BCUT2D eigenvalue weighted by atomic mass is 19.1. The van der Waals surface area contributed by atoms with Crippen LogP contribution in [-0.4, -0.2) is 18.3 Å². The van der Waals surface area contributed by atoms with Gasteiger partial charge in [0.25, 0.3) is 0 Å². The molecule has 0 saturated heterocycles. The van der Waals surface area contributed by atoms with Crippen LogP contribution < -0.4 is 4.74 Å². The van der Waals surface area contributed by atoms with Crippen LogP contribution in [0.1, 0.15) is 19.4 Å². The topological polar surface area (TPSA) is 29.5 Å². The van der Waals surface area contributed by atoms with E-state index in [4.69, 9.17) is 9.84 Å². The second-order valence-corrected chi connectivity index (χ2v) is 3.93. The number of rotatable bonds is 5. The third kappa shape index (κ3) is 3.88. The summed E-state index contributed by atoms with van der Waals surface area (Å²) in [5.74, 6) is 0.628. The van der Waals surface area contributed by atoms with Gasteiger partial charge in [0.1, 0.15) is 11.6 Å². The molecular formula is C12H17FO2. The lowest BCUT2D eigenvalue weighted by atomic mass is 10.1. The molecule has 0 heterocycles. The molecule has 0 bridgehead atoms. The maximum absolute atomic E-state index is 13.0. The van der Waals surface area contributed by atoms with E-state index >= 15 is 0 Å². The summed E-state index contributed by atoms with van der Waals surface area (Å²) in [4.78, 5) is 0. The fraction of sp³-hybridized carbons (Fsp3) is 0.500. The van der Waals surface area contributed by atoms with Gasteiger partial charge in [-0.1, -0.05) is 19.9 Å². The van der Waals surface area contributed by atoms with Crippen molar-refractivity contribution in [2.75, 3.05) is 13.2 Å². The van der Waals surface area contributed by atoms with Gasteiger partial charge >= 0.3 is 0 Å². The summed E-state index contributed by atoms with van der Waals surface area (Å²) in [5, 5.41) is 8.84. The highest BCUT2D eigenvalue weighted by molar-refractivity contribution is 5.34. The van der Waals surface area contributed by atoms with Crippen molar-refractivity contribution < 1.29 is 14.2 Å². The minimum Gasteiger partial charge on any atom is -0.493 e. The molecule has 0 radical (unpaired) electrons. The van der Waals surface area contributed by atoms with Crippen molar-refractivity contribution in [2.24, 2.45) is 5.92 Å².